The van der Waals surface area contributed by atoms with Gasteiger partial charge in [-0.2, -0.15) is 22.7 Å². The molecule has 6 aromatic heterocycles. The van der Waals surface area contributed by atoms with E-state index < -0.39 is 52.9 Å². The molecule has 2 N–H and O–H groups in total. The average Bonchev–Trinajstić information content (AvgIpc) is 4.28. The number of nitrogens with zero attached hydrogens (tertiary/aromatic N) is 6. The molecule has 11 rings (SSSR count). The van der Waals surface area contributed by atoms with Crippen molar-refractivity contribution >= 4 is 116 Å². The molecule has 7 heterocycles. The molecule has 2 amide bonds. The average molecular weight is 1200 g/mol. The topological polar surface area (TPSA) is 172 Å². The Balaban J connectivity index is 0.000000155. The van der Waals surface area contributed by atoms with Gasteiger partial charge in [0.1, 0.15) is 39.8 Å². The first kappa shape index (κ1) is 59.1. The van der Waals surface area contributed by atoms with Crippen molar-refractivity contribution in [3.05, 3.63) is 202 Å². The monoisotopic (exact) mass is 1200 g/mol. The summed E-state index contributed by atoms with van der Waals surface area (Å²) >= 11 is 11.4. The number of amides is 2. The van der Waals surface area contributed by atoms with Crippen molar-refractivity contribution in [3.63, 3.8) is 0 Å². The first-order chi connectivity index (χ1) is 39.1. The molecule has 0 radical (unpaired) electrons. The highest BCUT2D eigenvalue weighted by Crippen LogP contribution is 2.38. The normalized spacial score (nSPS) is 13.3. The molecule has 1 saturated heterocycles. The van der Waals surface area contributed by atoms with Crippen LogP contribution in [0.5, 0.6) is 0 Å². The summed E-state index contributed by atoms with van der Waals surface area (Å²) in [5.41, 5.74) is 3.65. The van der Waals surface area contributed by atoms with Crippen LogP contribution in [0.2, 0.25) is 5.15 Å². The number of thiophene rings is 2. The molecule has 10 aromatic rings. The lowest BCUT2D eigenvalue weighted by Gasteiger charge is -2.32. The number of thioether (sulfide) groups is 2. The SMILES string of the molecule is CSc1nc(-c2cc(NC(=O)c3ccsc3)ccc2C)c2ccc(=O)n(-c3c(F)cccc3F)c2n1.CSc1nc(Cl)c2ccc(=O)n(-c3c(F)cccc3F)c2n1.Cc1ccc(NC(=O)c2ccsc2)cc1B1OC(C)(C)C(C)(C)O1. The molecule has 0 saturated carbocycles. The Morgan fingerprint density at radius 3 is 1.52 bits per heavy atom. The van der Waals surface area contributed by atoms with Crippen molar-refractivity contribution < 1.29 is 36.5 Å². The number of fused-ring (bicyclic) bond motifs is 2. The molecule has 4 aromatic carbocycles. The summed E-state index contributed by atoms with van der Waals surface area (Å²) in [6, 6.07) is 26.9. The van der Waals surface area contributed by atoms with Gasteiger partial charge in [-0.3, -0.25) is 28.3 Å². The molecule has 1 aliphatic rings. The highest BCUT2D eigenvalue weighted by molar-refractivity contribution is 7.98. The maximum Gasteiger partial charge on any atom is 0.495 e. The van der Waals surface area contributed by atoms with E-state index in [1.807, 2.05) is 88.0 Å². The summed E-state index contributed by atoms with van der Waals surface area (Å²) in [5, 5.41) is 14.6. The number of para-hydroxylation sites is 2. The van der Waals surface area contributed by atoms with Gasteiger partial charge in [-0.05, 0) is 149 Å². The van der Waals surface area contributed by atoms with E-state index in [4.69, 9.17) is 20.9 Å². The number of carbonyl (C=O) groups is 2. The van der Waals surface area contributed by atoms with Crippen LogP contribution in [0.25, 0.3) is 44.7 Å². The van der Waals surface area contributed by atoms with Gasteiger partial charge in [0.25, 0.3) is 22.9 Å². The molecule has 0 spiro atoms. The quantitative estimate of drug-likeness (QED) is 0.0437. The number of carbonyl (C=O) groups excluding carboxylic acids is 2. The third kappa shape index (κ3) is 12.3. The molecule has 1 fully saturated rings. The van der Waals surface area contributed by atoms with E-state index in [-0.39, 0.29) is 39.5 Å². The number of halogens is 5. The van der Waals surface area contributed by atoms with E-state index in [0.29, 0.717) is 49.2 Å². The molecule has 0 atom stereocenters. The maximum absolute atomic E-state index is 14.7. The fourth-order valence-electron chi connectivity index (χ4n) is 8.47. The van der Waals surface area contributed by atoms with Crippen LogP contribution in [0.3, 0.4) is 0 Å². The first-order valence-electron chi connectivity index (χ1n) is 24.8. The first-order valence-corrected chi connectivity index (χ1v) is 29.5. The number of aryl methyl sites for hydroxylation is 2. The van der Waals surface area contributed by atoms with Crippen LogP contribution in [0.15, 0.2) is 151 Å². The number of benzene rings is 4. The fraction of sp³-hybridized carbons (Fsp3) is 0.172. The predicted molar refractivity (Wildman–Crippen MR) is 320 cm³/mol. The van der Waals surface area contributed by atoms with E-state index >= 15 is 0 Å². The lowest BCUT2D eigenvalue weighted by molar-refractivity contribution is 0.00578. The summed E-state index contributed by atoms with van der Waals surface area (Å²) in [4.78, 5) is 67.2. The molecular weight excluding hydrogens is 1160 g/mol. The molecule has 14 nitrogen and oxygen atoms in total. The number of anilines is 2. The van der Waals surface area contributed by atoms with Gasteiger partial charge in [-0.15, -0.1) is 0 Å². The predicted octanol–water partition coefficient (Wildman–Crippen LogP) is 13.1. The Bertz CT molecular complexity index is 4150. The largest absolute Gasteiger partial charge is 0.495 e. The highest BCUT2D eigenvalue weighted by Gasteiger charge is 2.52. The van der Waals surface area contributed by atoms with Crippen molar-refractivity contribution in [1.82, 2.24) is 29.1 Å². The number of hydrogen-bond donors (Lipinski definition) is 2. The Kier molecular flexibility index (Phi) is 17.7. The summed E-state index contributed by atoms with van der Waals surface area (Å²) < 4.78 is 71.6. The molecular formula is C58H48BClF4N8O6S4. The van der Waals surface area contributed by atoms with Gasteiger partial charge in [-0.1, -0.05) is 65.0 Å². The lowest BCUT2D eigenvalue weighted by Crippen LogP contribution is -2.41. The summed E-state index contributed by atoms with van der Waals surface area (Å²) in [7, 11) is -0.437. The van der Waals surface area contributed by atoms with E-state index in [2.05, 4.69) is 30.6 Å². The van der Waals surface area contributed by atoms with E-state index in [1.54, 1.807) is 42.2 Å². The Morgan fingerprint density at radius 1 is 0.598 bits per heavy atom. The lowest BCUT2D eigenvalue weighted by atomic mass is 9.76. The second kappa shape index (κ2) is 24.5. The second-order valence-electron chi connectivity index (χ2n) is 19.3. The van der Waals surface area contributed by atoms with Gasteiger partial charge in [0.05, 0.1) is 33.4 Å². The van der Waals surface area contributed by atoms with E-state index in [0.717, 1.165) is 55.7 Å². The standard InChI is InChI=1S/C26H18F2N4O2S2.C18H22BNO3S.C14H8ClF2N3OS/c1-14-6-7-16(29-25(34)15-10-11-36-13-15)12-18(14)22-17-8-9-21(33)32(24(17)31-26(30-22)35-2)23-19(27)4-3-5-20(23)28;1-12-6-7-14(20-16(21)13-8-9-24-11-13)10-15(12)19-22-17(2,3)18(4,5)23-19;1-22-14-18-12(15)7-5-6-10(21)20(13(7)19-14)11-8(16)3-2-4-9(11)17/h3-13H,1-2H3,(H,29,34);6-11H,1-5H3,(H,20,21);2-6H,1H3. The molecule has 0 bridgehead atoms. The molecule has 1 aliphatic heterocycles. The fourth-order valence-corrected chi connectivity index (χ4v) is 10.7. The van der Waals surface area contributed by atoms with Crippen molar-refractivity contribution in [2.75, 3.05) is 23.1 Å². The van der Waals surface area contributed by atoms with Gasteiger partial charge in [0.2, 0.25) is 0 Å². The number of nitrogens with one attached hydrogen (secondary N) is 2. The van der Waals surface area contributed by atoms with Crippen LogP contribution in [-0.2, 0) is 9.31 Å². The molecule has 0 aliphatic carbocycles. The van der Waals surface area contributed by atoms with Crippen LogP contribution in [0.1, 0.15) is 59.5 Å². The van der Waals surface area contributed by atoms with Gasteiger partial charge in [0, 0.05) is 45.2 Å². The van der Waals surface area contributed by atoms with Crippen LogP contribution in [0, 0.1) is 37.1 Å². The smallest absolute Gasteiger partial charge is 0.399 e. The zero-order valence-corrected chi connectivity index (χ0v) is 49.0. The van der Waals surface area contributed by atoms with Crippen molar-refractivity contribution in [1.29, 1.82) is 0 Å². The van der Waals surface area contributed by atoms with Gasteiger partial charge in [0.15, 0.2) is 21.6 Å². The summed E-state index contributed by atoms with van der Waals surface area (Å²) in [5.74, 6) is -3.85. The maximum atomic E-state index is 14.7. The summed E-state index contributed by atoms with van der Waals surface area (Å²) in [6.07, 6.45) is 3.50. The van der Waals surface area contributed by atoms with Crippen LogP contribution in [-0.4, -0.2) is 71.7 Å². The van der Waals surface area contributed by atoms with Gasteiger partial charge >= 0.3 is 7.12 Å². The molecule has 418 valence electrons. The van der Waals surface area contributed by atoms with Gasteiger partial charge < -0.3 is 19.9 Å². The number of pyridine rings is 2. The number of rotatable bonds is 10. The highest BCUT2D eigenvalue weighted by atomic mass is 35.5. The second-order valence-corrected chi connectivity index (χ2v) is 22.8. The third-order valence-corrected chi connectivity index (χ3v) is 16.2. The summed E-state index contributed by atoms with van der Waals surface area (Å²) in [6.45, 7) is 12.0. The van der Waals surface area contributed by atoms with Crippen molar-refractivity contribution in [2.45, 2.75) is 63.1 Å². The minimum atomic E-state index is -0.884. The van der Waals surface area contributed by atoms with Crippen LogP contribution < -0.4 is 27.2 Å². The van der Waals surface area contributed by atoms with Crippen LogP contribution >= 0.6 is 57.8 Å². The minimum Gasteiger partial charge on any atom is -0.399 e. The van der Waals surface area contributed by atoms with Crippen molar-refractivity contribution in [2.24, 2.45) is 0 Å². The zero-order chi connectivity index (χ0) is 58.8. The van der Waals surface area contributed by atoms with Crippen molar-refractivity contribution in [3.8, 4) is 22.6 Å². The van der Waals surface area contributed by atoms with Crippen LogP contribution in [0.4, 0.5) is 28.9 Å². The number of hydrogen-bond acceptors (Lipinski definition) is 14. The third-order valence-electron chi connectivity index (χ3n) is 13.5. The number of aromatic nitrogens is 6. The Morgan fingerprint density at radius 2 is 1.05 bits per heavy atom. The molecule has 24 heteroatoms. The minimum absolute atomic E-state index is 0.0563. The zero-order valence-electron chi connectivity index (χ0n) is 44.9. The van der Waals surface area contributed by atoms with Gasteiger partial charge in [-0.25, -0.2) is 37.5 Å². The van der Waals surface area contributed by atoms with E-state index in [1.165, 1.54) is 76.5 Å². The molecule has 0 unspecified atom stereocenters. The van der Waals surface area contributed by atoms with E-state index in [9.17, 15) is 36.7 Å². The Hall–Kier alpha value is -7.51. The Labute approximate surface area is 489 Å². The molecule has 82 heavy (non-hydrogen) atoms.